The molecule has 0 aliphatic heterocycles. The van der Waals surface area contributed by atoms with Crippen molar-refractivity contribution in [3.05, 3.63) is 72.0 Å². The van der Waals surface area contributed by atoms with E-state index < -0.39 is 0 Å². The van der Waals surface area contributed by atoms with Crippen molar-refractivity contribution in [1.82, 2.24) is 4.98 Å². The van der Waals surface area contributed by atoms with Crippen LogP contribution in [0.3, 0.4) is 0 Å². The second-order valence-electron chi connectivity index (χ2n) is 5.65. The van der Waals surface area contributed by atoms with Crippen molar-refractivity contribution >= 4 is 23.3 Å². The normalized spacial score (nSPS) is 11.1. The summed E-state index contributed by atoms with van der Waals surface area (Å²) in [4.78, 5) is 4.27. The molecule has 0 radical (unpaired) electrons. The number of para-hydroxylation sites is 2. The zero-order valence-corrected chi connectivity index (χ0v) is 14.6. The molecule has 0 atom stereocenters. The molecule has 2 heterocycles. The second-order valence-corrected chi connectivity index (χ2v) is 5.65. The number of ether oxygens (including phenoxy) is 2. The molecule has 2 aromatic heterocycles. The fraction of sp³-hybridized carbons (Fsp3) is 0.100. The summed E-state index contributed by atoms with van der Waals surface area (Å²) in [5.74, 6) is 1.76. The van der Waals surface area contributed by atoms with Crippen LogP contribution < -0.4 is 14.9 Å². The van der Waals surface area contributed by atoms with Gasteiger partial charge in [-0.15, -0.1) is 0 Å². The second kappa shape index (κ2) is 7.65. The van der Waals surface area contributed by atoms with Crippen molar-refractivity contribution in [2.24, 2.45) is 5.10 Å². The van der Waals surface area contributed by atoms with E-state index in [0.29, 0.717) is 29.9 Å². The molecular weight excluding hydrogens is 346 g/mol. The van der Waals surface area contributed by atoms with Crippen molar-refractivity contribution in [1.29, 1.82) is 0 Å². The Balaban J connectivity index is 1.32. The van der Waals surface area contributed by atoms with Crippen LogP contribution in [0.5, 0.6) is 11.7 Å². The van der Waals surface area contributed by atoms with Crippen LogP contribution in [0.15, 0.2) is 74.6 Å². The maximum absolute atomic E-state index is 5.63. The van der Waals surface area contributed by atoms with E-state index in [9.17, 15) is 0 Å². The lowest BCUT2D eigenvalue weighted by Gasteiger charge is -2.04. The van der Waals surface area contributed by atoms with Crippen molar-refractivity contribution < 1.29 is 18.3 Å². The highest BCUT2D eigenvalue weighted by Crippen LogP contribution is 2.19. The minimum absolute atomic E-state index is 0.315. The number of benzene rings is 2. The summed E-state index contributed by atoms with van der Waals surface area (Å²) >= 11 is 0. The summed E-state index contributed by atoms with van der Waals surface area (Å²) in [5, 5.41) is 4.06. The number of hydrazone groups is 1. The molecule has 0 saturated heterocycles. The third-order valence-corrected chi connectivity index (χ3v) is 3.79. The molecule has 0 bridgehead atoms. The molecule has 0 spiro atoms. The molecule has 0 saturated carbocycles. The molecule has 7 heteroatoms. The molecule has 7 nitrogen and oxygen atoms in total. The molecule has 0 aliphatic carbocycles. The van der Waals surface area contributed by atoms with Crippen LogP contribution in [0.1, 0.15) is 11.3 Å². The first-order valence-electron chi connectivity index (χ1n) is 8.30. The van der Waals surface area contributed by atoms with E-state index >= 15 is 0 Å². The lowest BCUT2D eigenvalue weighted by Crippen LogP contribution is -1.94. The Kier molecular flexibility index (Phi) is 4.74. The van der Waals surface area contributed by atoms with Gasteiger partial charge in [0.05, 0.1) is 13.3 Å². The van der Waals surface area contributed by atoms with Crippen molar-refractivity contribution in [2.45, 2.75) is 6.61 Å². The SMILES string of the molecule is COc1ccc(COc2ccc(/C=N/Nc3nc4ccccc4o3)o2)cc1. The van der Waals surface area contributed by atoms with E-state index in [1.165, 1.54) is 6.21 Å². The molecule has 0 amide bonds. The predicted octanol–water partition coefficient (Wildman–Crippen LogP) is 4.45. The number of hydrogen-bond acceptors (Lipinski definition) is 7. The smallest absolute Gasteiger partial charge is 0.316 e. The molecule has 4 rings (SSSR count). The molecular formula is C20H17N3O4. The van der Waals surface area contributed by atoms with Crippen LogP contribution in [0.25, 0.3) is 11.1 Å². The van der Waals surface area contributed by atoms with Gasteiger partial charge in [-0.1, -0.05) is 24.3 Å². The Bertz CT molecular complexity index is 1020. The van der Waals surface area contributed by atoms with Gasteiger partial charge in [0.25, 0.3) is 5.95 Å². The van der Waals surface area contributed by atoms with Gasteiger partial charge in [0.2, 0.25) is 0 Å². The number of nitrogens with one attached hydrogen (secondary N) is 1. The van der Waals surface area contributed by atoms with Crippen LogP contribution >= 0.6 is 0 Å². The van der Waals surface area contributed by atoms with Crippen molar-refractivity contribution in [2.75, 3.05) is 12.5 Å². The lowest BCUT2D eigenvalue weighted by atomic mass is 10.2. The molecule has 1 N–H and O–H groups in total. The van der Waals surface area contributed by atoms with E-state index in [2.05, 4.69) is 15.5 Å². The predicted molar refractivity (Wildman–Crippen MR) is 101 cm³/mol. The first-order chi connectivity index (χ1) is 13.3. The monoisotopic (exact) mass is 363 g/mol. The summed E-state index contributed by atoms with van der Waals surface area (Å²) < 4.78 is 21.8. The van der Waals surface area contributed by atoms with Gasteiger partial charge >= 0.3 is 6.01 Å². The van der Waals surface area contributed by atoms with Crippen LogP contribution in [0, 0.1) is 0 Å². The van der Waals surface area contributed by atoms with E-state index in [4.69, 9.17) is 18.3 Å². The van der Waals surface area contributed by atoms with Gasteiger partial charge in [-0.2, -0.15) is 10.1 Å². The largest absolute Gasteiger partial charge is 0.497 e. The van der Waals surface area contributed by atoms with E-state index in [1.807, 2.05) is 48.5 Å². The van der Waals surface area contributed by atoms with Gasteiger partial charge in [-0.05, 0) is 35.9 Å². The van der Waals surface area contributed by atoms with Gasteiger partial charge in [-0.3, -0.25) is 0 Å². The molecule has 0 unspecified atom stereocenters. The molecule has 2 aromatic carbocycles. The quantitative estimate of drug-likeness (QED) is 0.386. The fourth-order valence-electron chi connectivity index (χ4n) is 2.43. The maximum atomic E-state index is 5.63. The topological polar surface area (TPSA) is 82.0 Å². The van der Waals surface area contributed by atoms with Crippen LogP contribution in [-0.2, 0) is 6.61 Å². The highest BCUT2D eigenvalue weighted by molar-refractivity contribution is 5.77. The number of methoxy groups -OCH3 is 1. The first-order valence-corrected chi connectivity index (χ1v) is 8.30. The molecule has 27 heavy (non-hydrogen) atoms. The van der Waals surface area contributed by atoms with Crippen molar-refractivity contribution in [3.8, 4) is 11.7 Å². The third kappa shape index (κ3) is 4.09. The van der Waals surface area contributed by atoms with Gasteiger partial charge in [0, 0.05) is 6.07 Å². The average molecular weight is 363 g/mol. The minimum atomic E-state index is 0.315. The number of fused-ring (bicyclic) bond motifs is 1. The Hall–Kier alpha value is -3.74. The zero-order chi connectivity index (χ0) is 18.5. The average Bonchev–Trinajstić information content (AvgIpc) is 3.33. The van der Waals surface area contributed by atoms with E-state index in [0.717, 1.165) is 16.8 Å². The zero-order valence-electron chi connectivity index (χ0n) is 14.6. The van der Waals surface area contributed by atoms with E-state index in [-0.39, 0.29) is 0 Å². The van der Waals surface area contributed by atoms with Crippen LogP contribution in [-0.4, -0.2) is 18.3 Å². The van der Waals surface area contributed by atoms with Crippen LogP contribution in [0.4, 0.5) is 6.01 Å². The summed E-state index contributed by atoms with van der Waals surface area (Å²) in [6, 6.07) is 19.0. The Morgan fingerprint density at radius 3 is 2.70 bits per heavy atom. The number of nitrogens with zero attached hydrogens (tertiary/aromatic N) is 2. The standard InChI is InChI=1S/C20H17N3O4/c1-24-15-8-6-14(7-9-15)13-25-19-11-10-16(26-19)12-21-23-20-22-17-4-2-3-5-18(17)27-20/h2-12H,13H2,1H3,(H,22,23)/b21-12+. The number of hydrogen-bond donors (Lipinski definition) is 1. The number of oxazole rings is 1. The number of aromatic nitrogens is 1. The first kappa shape index (κ1) is 16.7. The van der Waals surface area contributed by atoms with Gasteiger partial charge < -0.3 is 18.3 Å². The molecule has 0 aliphatic rings. The number of anilines is 1. The van der Waals surface area contributed by atoms with Gasteiger partial charge in [0.1, 0.15) is 17.9 Å². The highest BCUT2D eigenvalue weighted by atomic mass is 16.6. The Morgan fingerprint density at radius 1 is 1.04 bits per heavy atom. The van der Waals surface area contributed by atoms with Gasteiger partial charge in [0.15, 0.2) is 11.3 Å². The number of rotatable bonds is 7. The number of furan rings is 1. The van der Waals surface area contributed by atoms with E-state index in [1.54, 1.807) is 19.2 Å². The third-order valence-electron chi connectivity index (χ3n) is 3.79. The van der Waals surface area contributed by atoms with Crippen molar-refractivity contribution in [3.63, 3.8) is 0 Å². The summed E-state index contributed by atoms with van der Waals surface area (Å²) in [6.07, 6.45) is 1.52. The molecule has 0 fully saturated rings. The molecule has 4 aromatic rings. The Morgan fingerprint density at radius 2 is 1.89 bits per heavy atom. The van der Waals surface area contributed by atoms with Crippen LogP contribution in [0.2, 0.25) is 0 Å². The maximum Gasteiger partial charge on any atom is 0.316 e. The summed E-state index contributed by atoms with van der Waals surface area (Å²) in [5.41, 5.74) is 5.22. The summed E-state index contributed by atoms with van der Waals surface area (Å²) in [7, 11) is 1.64. The lowest BCUT2D eigenvalue weighted by molar-refractivity contribution is 0.231. The van der Waals surface area contributed by atoms with Gasteiger partial charge in [-0.25, -0.2) is 5.43 Å². The molecule has 136 valence electrons. The summed E-state index contributed by atoms with van der Waals surface area (Å²) in [6.45, 7) is 0.398. The Labute approximate surface area is 155 Å². The fourth-order valence-corrected chi connectivity index (χ4v) is 2.43. The highest BCUT2D eigenvalue weighted by Gasteiger charge is 2.04. The minimum Gasteiger partial charge on any atom is -0.497 e.